The molecule has 1 aliphatic rings. The van der Waals surface area contributed by atoms with Crippen LogP contribution < -0.4 is 11.1 Å². The number of oxazole rings is 1. The summed E-state index contributed by atoms with van der Waals surface area (Å²) < 4.78 is 11.2. The predicted molar refractivity (Wildman–Crippen MR) is 96.9 cm³/mol. The third-order valence-corrected chi connectivity index (χ3v) is 4.39. The summed E-state index contributed by atoms with van der Waals surface area (Å²) >= 11 is 0. The lowest BCUT2D eigenvalue weighted by molar-refractivity contribution is -0.384. The van der Waals surface area contributed by atoms with Crippen molar-refractivity contribution < 1.29 is 23.7 Å². The van der Waals surface area contributed by atoms with Crippen LogP contribution in [0.25, 0.3) is 11.1 Å². The van der Waals surface area contributed by atoms with Gasteiger partial charge in [0.1, 0.15) is 6.61 Å². The summed E-state index contributed by atoms with van der Waals surface area (Å²) in [5, 5.41) is 13.6. The SMILES string of the molecule is C[C@H](CN1CCOC1=O)NC(=O)CCCn1c(=O)oc2cc([N+](=O)[O-])ccc21. The third-order valence-electron chi connectivity index (χ3n) is 4.39. The van der Waals surface area contributed by atoms with Gasteiger partial charge in [-0.3, -0.25) is 19.5 Å². The monoisotopic (exact) mass is 392 g/mol. The number of nitro groups is 1. The molecule has 2 aromatic rings. The summed E-state index contributed by atoms with van der Waals surface area (Å²) in [6.45, 7) is 3.27. The number of rotatable bonds is 8. The molecule has 1 aromatic heterocycles. The fraction of sp³-hybridized carbons (Fsp3) is 0.471. The minimum Gasteiger partial charge on any atom is -0.448 e. The van der Waals surface area contributed by atoms with Crippen LogP contribution in [-0.4, -0.2) is 52.1 Å². The number of carbonyl (C=O) groups is 2. The van der Waals surface area contributed by atoms with Gasteiger partial charge in [0.05, 0.1) is 23.1 Å². The smallest absolute Gasteiger partial charge is 0.419 e. The van der Waals surface area contributed by atoms with Crippen LogP contribution in [0.15, 0.2) is 27.4 Å². The number of ether oxygens (including phenoxy) is 1. The molecular weight excluding hydrogens is 372 g/mol. The molecule has 28 heavy (non-hydrogen) atoms. The molecule has 1 fully saturated rings. The number of hydrogen-bond donors (Lipinski definition) is 1. The first kappa shape index (κ1) is 19.4. The van der Waals surface area contributed by atoms with Gasteiger partial charge in [-0.15, -0.1) is 0 Å². The number of cyclic esters (lactones) is 1. The second-order valence-corrected chi connectivity index (χ2v) is 6.56. The Bertz CT molecular complexity index is 964. The average molecular weight is 392 g/mol. The number of nitro benzene ring substituents is 1. The Hall–Kier alpha value is -3.37. The Balaban J connectivity index is 1.52. The van der Waals surface area contributed by atoms with E-state index < -0.39 is 10.7 Å². The van der Waals surface area contributed by atoms with Gasteiger partial charge < -0.3 is 19.4 Å². The highest BCUT2D eigenvalue weighted by Crippen LogP contribution is 2.20. The van der Waals surface area contributed by atoms with E-state index in [1.807, 2.05) is 0 Å². The number of nitrogens with one attached hydrogen (secondary N) is 1. The van der Waals surface area contributed by atoms with Gasteiger partial charge >= 0.3 is 11.8 Å². The number of amides is 2. The Labute approximate surface area is 159 Å². The Kier molecular flexibility index (Phi) is 5.62. The van der Waals surface area contributed by atoms with Crippen molar-refractivity contribution >= 4 is 28.8 Å². The molecule has 0 bridgehead atoms. The number of fused-ring (bicyclic) bond motifs is 1. The Morgan fingerprint density at radius 3 is 2.86 bits per heavy atom. The maximum absolute atomic E-state index is 12.1. The van der Waals surface area contributed by atoms with Gasteiger partial charge in [-0.25, -0.2) is 9.59 Å². The van der Waals surface area contributed by atoms with E-state index in [0.29, 0.717) is 31.6 Å². The molecule has 2 heterocycles. The van der Waals surface area contributed by atoms with Crippen molar-refractivity contribution in [1.82, 2.24) is 14.8 Å². The van der Waals surface area contributed by atoms with Crippen molar-refractivity contribution in [3.8, 4) is 0 Å². The minimum atomic E-state index is -0.628. The number of benzene rings is 1. The fourth-order valence-corrected chi connectivity index (χ4v) is 3.09. The van der Waals surface area contributed by atoms with Gasteiger partial charge in [0.15, 0.2) is 5.58 Å². The van der Waals surface area contributed by atoms with E-state index in [-0.39, 0.29) is 42.3 Å². The van der Waals surface area contributed by atoms with E-state index >= 15 is 0 Å². The minimum absolute atomic E-state index is 0.134. The normalized spacial score (nSPS) is 14.9. The lowest BCUT2D eigenvalue weighted by Crippen LogP contribution is -2.42. The van der Waals surface area contributed by atoms with Gasteiger partial charge in [-0.1, -0.05) is 0 Å². The van der Waals surface area contributed by atoms with Crippen LogP contribution in [-0.2, 0) is 16.1 Å². The van der Waals surface area contributed by atoms with E-state index in [0.717, 1.165) is 0 Å². The van der Waals surface area contributed by atoms with Crippen molar-refractivity contribution in [2.24, 2.45) is 0 Å². The summed E-state index contributed by atoms with van der Waals surface area (Å²) in [6, 6.07) is 3.72. The summed E-state index contributed by atoms with van der Waals surface area (Å²) in [4.78, 5) is 47.2. The highest BCUT2D eigenvalue weighted by atomic mass is 16.6. The molecule has 150 valence electrons. The number of aromatic nitrogens is 1. The van der Waals surface area contributed by atoms with Crippen LogP contribution in [0.5, 0.6) is 0 Å². The molecule has 0 spiro atoms. The molecule has 3 rings (SSSR count). The first-order valence-corrected chi connectivity index (χ1v) is 8.84. The molecule has 1 atom stereocenters. The van der Waals surface area contributed by atoms with Crippen LogP contribution in [0.3, 0.4) is 0 Å². The van der Waals surface area contributed by atoms with Gasteiger partial charge in [-0.2, -0.15) is 0 Å². The summed E-state index contributed by atoms with van der Waals surface area (Å²) in [5.74, 6) is -0.826. The Morgan fingerprint density at radius 1 is 1.39 bits per heavy atom. The molecule has 0 saturated carbocycles. The van der Waals surface area contributed by atoms with E-state index in [4.69, 9.17) is 9.15 Å². The van der Waals surface area contributed by atoms with Gasteiger partial charge in [-0.05, 0) is 19.4 Å². The molecule has 11 nitrogen and oxygen atoms in total. The summed E-state index contributed by atoms with van der Waals surface area (Å²) in [5.41, 5.74) is 0.412. The summed E-state index contributed by atoms with van der Waals surface area (Å²) in [7, 11) is 0. The van der Waals surface area contributed by atoms with Gasteiger partial charge in [0.2, 0.25) is 5.91 Å². The molecule has 1 saturated heterocycles. The predicted octanol–water partition coefficient (Wildman–Crippen LogP) is 1.24. The van der Waals surface area contributed by atoms with Crippen molar-refractivity contribution in [1.29, 1.82) is 0 Å². The van der Waals surface area contributed by atoms with Crippen LogP contribution in [0, 0.1) is 10.1 Å². The number of nitrogens with zero attached hydrogens (tertiary/aromatic N) is 3. The van der Waals surface area contributed by atoms with Crippen LogP contribution in [0.1, 0.15) is 19.8 Å². The van der Waals surface area contributed by atoms with Gasteiger partial charge in [0.25, 0.3) is 5.69 Å². The average Bonchev–Trinajstić information content (AvgIpc) is 3.17. The van der Waals surface area contributed by atoms with E-state index in [2.05, 4.69) is 5.32 Å². The molecule has 1 aliphatic heterocycles. The van der Waals surface area contributed by atoms with Crippen LogP contribution >= 0.6 is 0 Å². The second-order valence-electron chi connectivity index (χ2n) is 6.56. The van der Waals surface area contributed by atoms with Crippen molar-refractivity contribution in [3.63, 3.8) is 0 Å². The summed E-state index contributed by atoms with van der Waals surface area (Å²) in [6.07, 6.45) is 0.184. The number of carbonyl (C=O) groups excluding carboxylic acids is 2. The molecule has 0 unspecified atom stereocenters. The van der Waals surface area contributed by atoms with Crippen LogP contribution in [0.4, 0.5) is 10.5 Å². The zero-order chi connectivity index (χ0) is 20.3. The molecule has 2 amide bonds. The largest absolute Gasteiger partial charge is 0.448 e. The number of non-ortho nitro benzene ring substituents is 1. The fourth-order valence-electron chi connectivity index (χ4n) is 3.09. The maximum atomic E-state index is 12.1. The highest BCUT2D eigenvalue weighted by molar-refractivity contribution is 5.77. The van der Waals surface area contributed by atoms with E-state index in [9.17, 15) is 24.5 Å². The van der Waals surface area contributed by atoms with Crippen LogP contribution in [0.2, 0.25) is 0 Å². The maximum Gasteiger partial charge on any atom is 0.419 e. The lowest BCUT2D eigenvalue weighted by Gasteiger charge is -2.19. The second kappa shape index (κ2) is 8.11. The molecule has 1 N–H and O–H groups in total. The topological polar surface area (TPSA) is 137 Å². The van der Waals surface area contributed by atoms with E-state index in [1.54, 1.807) is 6.92 Å². The first-order valence-electron chi connectivity index (χ1n) is 8.84. The molecule has 1 aromatic carbocycles. The quantitative estimate of drug-likeness (QED) is 0.527. The van der Waals surface area contributed by atoms with Crippen molar-refractivity contribution in [3.05, 3.63) is 38.9 Å². The van der Waals surface area contributed by atoms with Crippen molar-refractivity contribution in [2.45, 2.75) is 32.4 Å². The molecule has 11 heteroatoms. The molecule has 0 aliphatic carbocycles. The molecule has 0 radical (unpaired) electrons. The zero-order valence-electron chi connectivity index (χ0n) is 15.3. The molecular formula is C17H20N4O7. The third kappa shape index (κ3) is 4.30. The van der Waals surface area contributed by atoms with Crippen molar-refractivity contribution in [2.75, 3.05) is 19.7 Å². The standard InChI is InChI=1S/C17H20N4O7/c1-11(10-19-7-8-27-16(19)23)18-15(22)3-2-6-20-13-5-4-12(21(25)26)9-14(13)28-17(20)24/h4-5,9,11H,2-3,6-8,10H2,1H3,(H,18,22)/t11-/m1/s1. The lowest BCUT2D eigenvalue weighted by atomic mass is 10.2. The van der Waals surface area contributed by atoms with Gasteiger partial charge in [0, 0.05) is 31.6 Å². The number of aryl methyl sites for hydroxylation is 1. The first-order chi connectivity index (χ1) is 13.3. The number of hydrogen-bond acceptors (Lipinski definition) is 7. The Morgan fingerprint density at radius 2 is 2.18 bits per heavy atom. The zero-order valence-corrected chi connectivity index (χ0v) is 15.3. The van der Waals surface area contributed by atoms with E-state index in [1.165, 1.54) is 27.7 Å². The highest BCUT2D eigenvalue weighted by Gasteiger charge is 2.24.